The molecule has 1 atom stereocenters. The molecule has 1 aromatic carbocycles. The Morgan fingerprint density at radius 2 is 2.20 bits per heavy atom. The molecule has 1 aromatic rings. The van der Waals surface area contributed by atoms with Crippen LogP contribution in [-0.4, -0.2) is 39.0 Å². The van der Waals surface area contributed by atoms with Crippen molar-refractivity contribution < 1.29 is 13.2 Å². The van der Waals surface area contributed by atoms with Crippen molar-refractivity contribution in [2.75, 3.05) is 20.2 Å². The molecule has 1 unspecified atom stereocenters. The molecular weight excluding hydrogens is 276 g/mol. The van der Waals surface area contributed by atoms with Gasteiger partial charge in [-0.2, -0.15) is 4.31 Å². The lowest BCUT2D eigenvalue weighted by Gasteiger charge is -2.21. The second kappa shape index (κ2) is 6.22. The maximum Gasteiger partial charge on any atom is 0.242 e. The fourth-order valence-corrected chi connectivity index (χ4v) is 3.70. The topological polar surface area (TPSA) is 72.6 Å². The van der Waals surface area contributed by atoms with Crippen LogP contribution in [0.25, 0.3) is 0 Å². The van der Waals surface area contributed by atoms with E-state index in [1.54, 1.807) is 25.2 Å². The zero-order valence-electron chi connectivity index (χ0n) is 12.0. The van der Waals surface area contributed by atoms with Crippen LogP contribution in [0.4, 0.5) is 0 Å². The largest absolute Gasteiger partial charge is 0.377 e. The Morgan fingerprint density at radius 1 is 1.45 bits per heavy atom. The first kappa shape index (κ1) is 15.4. The van der Waals surface area contributed by atoms with Crippen LogP contribution < -0.4 is 5.73 Å². The summed E-state index contributed by atoms with van der Waals surface area (Å²) < 4.78 is 31.9. The quantitative estimate of drug-likeness (QED) is 0.888. The number of ether oxygens (including phenoxy) is 1. The highest BCUT2D eigenvalue weighted by molar-refractivity contribution is 7.89. The smallest absolute Gasteiger partial charge is 0.242 e. The third-order valence-corrected chi connectivity index (χ3v) is 5.55. The minimum atomic E-state index is -3.46. The van der Waals surface area contributed by atoms with Crippen LogP contribution in [0.15, 0.2) is 23.1 Å². The normalized spacial score (nSPS) is 19.7. The Morgan fingerprint density at radius 3 is 2.75 bits per heavy atom. The number of likely N-dealkylation sites (N-methyl/N-ethyl adjacent to an activating group) is 1. The summed E-state index contributed by atoms with van der Waals surface area (Å²) >= 11 is 0. The van der Waals surface area contributed by atoms with Crippen LogP contribution in [-0.2, 0) is 21.3 Å². The molecule has 112 valence electrons. The highest BCUT2D eigenvalue weighted by Crippen LogP contribution is 2.21. The van der Waals surface area contributed by atoms with Crippen LogP contribution in [0.1, 0.15) is 24.0 Å². The first-order valence-corrected chi connectivity index (χ1v) is 8.26. The SMILES string of the molecule is Cc1cc(S(=O)(=O)N(C)CC2CCCO2)ccc1CN. The fourth-order valence-electron chi connectivity index (χ4n) is 2.41. The molecule has 1 aliphatic rings. The van der Waals surface area contributed by atoms with Gasteiger partial charge in [-0.05, 0) is 43.0 Å². The number of hydrogen-bond donors (Lipinski definition) is 1. The molecule has 1 heterocycles. The van der Waals surface area contributed by atoms with E-state index in [4.69, 9.17) is 10.5 Å². The zero-order chi connectivity index (χ0) is 14.8. The number of benzene rings is 1. The summed E-state index contributed by atoms with van der Waals surface area (Å²) in [4.78, 5) is 0.313. The van der Waals surface area contributed by atoms with E-state index >= 15 is 0 Å². The van der Waals surface area contributed by atoms with Crippen LogP contribution in [0, 0.1) is 6.92 Å². The molecule has 0 spiro atoms. The predicted octanol–water partition coefficient (Wildman–Crippen LogP) is 1.25. The molecule has 20 heavy (non-hydrogen) atoms. The van der Waals surface area contributed by atoms with Crippen LogP contribution >= 0.6 is 0 Å². The summed E-state index contributed by atoms with van der Waals surface area (Å²) in [7, 11) is -1.86. The molecule has 1 aliphatic heterocycles. The van der Waals surface area contributed by atoms with E-state index in [0.29, 0.717) is 18.0 Å². The van der Waals surface area contributed by atoms with Crippen molar-refractivity contribution in [3.63, 3.8) is 0 Å². The average Bonchev–Trinajstić information content (AvgIpc) is 2.91. The van der Waals surface area contributed by atoms with Gasteiger partial charge in [0.2, 0.25) is 10.0 Å². The maximum atomic E-state index is 12.5. The summed E-state index contributed by atoms with van der Waals surface area (Å²) in [5.74, 6) is 0. The molecule has 2 rings (SSSR count). The van der Waals surface area contributed by atoms with Crippen molar-refractivity contribution >= 4 is 10.0 Å². The molecule has 0 saturated carbocycles. The monoisotopic (exact) mass is 298 g/mol. The van der Waals surface area contributed by atoms with Gasteiger partial charge in [0.05, 0.1) is 11.0 Å². The van der Waals surface area contributed by atoms with Gasteiger partial charge in [-0.15, -0.1) is 0 Å². The highest BCUT2D eigenvalue weighted by atomic mass is 32.2. The molecule has 0 bridgehead atoms. The van der Waals surface area contributed by atoms with E-state index < -0.39 is 10.0 Å². The fraction of sp³-hybridized carbons (Fsp3) is 0.571. The Bertz CT molecular complexity index is 566. The molecule has 0 radical (unpaired) electrons. The number of nitrogens with zero attached hydrogens (tertiary/aromatic N) is 1. The molecule has 5 nitrogen and oxygen atoms in total. The lowest BCUT2D eigenvalue weighted by atomic mass is 10.1. The van der Waals surface area contributed by atoms with Crippen molar-refractivity contribution in [3.8, 4) is 0 Å². The van der Waals surface area contributed by atoms with Crippen molar-refractivity contribution in [1.29, 1.82) is 0 Å². The van der Waals surface area contributed by atoms with E-state index in [0.717, 1.165) is 30.6 Å². The zero-order valence-corrected chi connectivity index (χ0v) is 12.8. The van der Waals surface area contributed by atoms with E-state index in [9.17, 15) is 8.42 Å². The number of hydrogen-bond acceptors (Lipinski definition) is 4. The van der Waals surface area contributed by atoms with Gasteiger partial charge in [-0.25, -0.2) is 8.42 Å². The number of nitrogens with two attached hydrogens (primary N) is 1. The minimum absolute atomic E-state index is 0.0131. The molecule has 0 aliphatic carbocycles. The van der Waals surface area contributed by atoms with Crippen LogP contribution in [0.5, 0.6) is 0 Å². The lowest BCUT2D eigenvalue weighted by molar-refractivity contribution is 0.0979. The van der Waals surface area contributed by atoms with Gasteiger partial charge in [-0.1, -0.05) is 6.07 Å². The van der Waals surface area contributed by atoms with Crippen molar-refractivity contribution in [3.05, 3.63) is 29.3 Å². The number of rotatable bonds is 5. The summed E-state index contributed by atoms with van der Waals surface area (Å²) in [5, 5.41) is 0. The van der Waals surface area contributed by atoms with Gasteiger partial charge in [0, 0.05) is 26.7 Å². The summed E-state index contributed by atoms with van der Waals surface area (Å²) in [6, 6.07) is 5.09. The lowest BCUT2D eigenvalue weighted by Crippen LogP contribution is -2.34. The Labute approximate surface area is 120 Å². The van der Waals surface area contributed by atoms with Gasteiger partial charge in [0.1, 0.15) is 0 Å². The van der Waals surface area contributed by atoms with E-state index in [-0.39, 0.29) is 6.10 Å². The van der Waals surface area contributed by atoms with Gasteiger partial charge < -0.3 is 10.5 Å². The van der Waals surface area contributed by atoms with E-state index in [1.807, 2.05) is 6.92 Å². The second-order valence-electron chi connectivity index (χ2n) is 5.21. The molecule has 2 N–H and O–H groups in total. The van der Waals surface area contributed by atoms with Crippen molar-refractivity contribution in [1.82, 2.24) is 4.31 Å². The highest BCUT2D eigenvalue weighted by Gasteiger charge is 2.26. The molecule has 0 aromatic heterocycles. The molecule has 1 saturated heterocycles. The molecule has 6 heteroatoms. The van der Waals surface area contributed by atoms with Gasteiger partial charge in [0.25, 0.3) is 0 Å². The van der Waals surface area contributed by atoms with Crippen molar-refractivity contribution in [2.45, 2.75) is 37.3 Å². The second-order valence-corrected chi connectivity index (χ2v) is 7.26. The predicted molar refractivity (Wildman–Crippen MR) is 77.9 cm³/mol. The van der Waals surface area contributed by atoms with Gasteiger partial charge in [0.15, 0.2) is 0 Å². The van der Waals surface area contributed by atoms with Gasteiger partial charge in [-0.3, -0.25) is 0 Å². The molecular formula is C14H22N2O3S. The average molecular weight is 298 g/mol. The number of sulfonamides is 1. The minimum Gasteiger partial charge on any atom is -0.377 e. The van der Waals surface area contributed by atoms with Crippen molar-refractivity contribution in [2.24, 2.45) is 5.73 Å². The Kier molecular flexibility index (Phi) is 4.80. The number of aryl methyl sites for hydroxylation is 1. The summed E-state index contributed by atoms with van der Waals surface area (Å²) in [6.07, 6.45) is 1.94. The Hall–Kier alpha value is -0.950. The molecule has 1 fully saturated rings. The van der Waals surface area contributed by atoms with Crippen LogP contribution in [0.2, 0.25) is 0 Å². The van der Waals surface area contributed by atoms with Crippen LogP contribution in [0.3, 0.4) is 0 Å². The molecule has 0 amide bonds. The summed E-state index contributed by atoms with van der Waals surface area (Å²) in [6.45, 7) is 3.42. The van der Waals surface area contributed by atoms with Gasteiger partial charge >= 0.3 is 0 Å². The third kappa shape index (κ3) is 3.20. The first-order valence-electron chi connectivity index (χ1n) is 6.82. The van der Waals surface area contributed by atoms with E-state index in [2.05, 4.69) is 0 Å². The Balaban J connectivity index is 2.18. The summed E-state index contributed by atoms with van der Waals surface area (Å²) in [5.41, 5.74) is 7.47. The first-order chi connectivity index (χ1) is 9.45. The third-order valence-electron chi connectivity index (χ3n) is 3.73. The standard InChI is InChI=1S/C14H22N2O3S/c1-11-8-14(6-5-12(11)9-15)20(17,18)16(2)10-13-4-3-7-19-13/h5-6,8,13H,3-4,7,9-10,15H2,1-2H3. The maximum absolute atomic E-state index is 12.5. The van der Waals surface area contributed by atoms with E-state index in [1.165, 1.54) is 4.31 Å².